The second-order valence-electron chi connectivity index (χ2n) is 23.3. The molecular weight excluding hydrogens is 1000 g/mol. The van der Waals surface area contributed by atoms with Gasteiger partial charge in [-0.05, 0) is 110 Å². The maximum Gasteiger partial charge on any atom is 0.319 e. The number of phenolic OH excluding ortho intramolecular Hbond substituents is 1. The first-order chi connectivity index (χ1) is 37.8. The summed E-state index contributed by atoms with van der Waals surface area (Å²) in [5.41, 5.74) is 9.74. The second-order valence-corrected chi connectivity index (χ2v) is 24.2. The highest BCUT2D eigenvalue weighted by Crippen LogP contribution is 2.49. The summed E-state index contributed by atoms with van der Waals surface area (Å²) >= 11 is 1.60. The van der Waals surface area contributed by atoms with Gasteiger partial charge in [-0.3, -0.25) is 19.5 Å². The minimum atomic E-state index is -0.808. The second kappa shape index (κ2) is 20.5. The molecule has 3 aromatic carbocycles. The van der Waals surface area contributed by atoms with Gasteiger partial charge in [0.25, 0.3) is 0 Å². The normalized spacial score (nSPS) is 23.3. The van der Waals surface area contributed by atoms with Crippen molar-refractivity contribution in [2.75, 3.05) is 68.8 Å². The SMILES string of the molecule is Cc1ncsc1-c1ccc([C@H](C)NC(=O)[C@@H]2C[C@@H](O)CN2C(=O)[C@@H](c2cc(N3CC(C4CCN(CCOc5nc(N6CC7CCC(C6)N7)c6cnc7c(c6n5)C(C)c5cccc6cc(O)cc-7c56)CC4)C3)no2)C(C)C)cc1. The van der Waals surface area contributed by atoms with Crippen LogP contribution in [0.3, 0.4) is 0 Å². The molecule has 4 aromatic heterocycles. The highest BCUT2D eigenvalue weighted by molar-refractivity contribution is 7.13. The Kier molecular flexibility index (Phi) is 13.3. The van der Waals surface area contributed by atoms with E-state index in [4.69, 9.17) is 24.2 Å². The minimum Gasteiger partial charge on any atom is -0.508 e. The molecule has 78 heavy (non-hydrogen) atoms. The number of rotatable bonds is 14. The number of fused-ring (bicyclic) bond motifs is 6. The largest absolute Gasteiger partial charge is 0.508 e. The van der Waals surface area contributed by atoms with Crippen molar-refractivity contribution in [3.05, 3.63) is 101 Å². The maximum absolute atomic E-state index is 14.4. The summed E-state index contributed by atoms with van der Waals surface area (Å²) in [4.78, 5) is 57.9. The number of aromatic nitrogens is 5. The van der Waals surface area contributed by atoms with E-state index in [0.717, 1.165) is 143 Å². The van der Waals surface area contributed by atoms with Crippen molar-refractivity contribution in [3.63, 3.8) is 0 Å². The van der Waals surface area contributed by atoms with Gasteiger partial charge in [0.2, 0.25) is 11.8 Å². The monoisotopic (exact) mass is 1070 g/mol. The third-order valence-corrected chi connectivity index (χ3v) is 18.9. The van der Waals surface area contributed by atoms with E-state index < -0.39 is 18.1 Å². The number of anilines is 2. The molecule has 17 nitrogen and oxygen atoms in total. The van der Waals surface area contributed by atoms with Crippen LogP contribution in [-0.2, 0) is 9.59 Å². The Balaban J connectivity index is 0.625. The lowest BCUT2D eigenvalue weighted by Gasteiger charge is -2.46. The molecule has 4 N–H and O–H groups in total. The van der Waals surface area contributed by atoms with Crippen LogP contribution >= 0.6 is 11.3 Å². The van der Waals surface area contributed by atoms with E-state index in [1.54, 1.807) is 11.3 Å². The number of piperidine rings is 1. The highest BCUT2D eigenvalue weighted by Gasteiger charge is 2.45. The number of amides is 2. The van der Waals surface area contributed by atoms with Crippen LogP contribution in [0.5, 0.6) is 11.8 Å². The number of pyridine rings is 1. The average Bonchev–Trinajstić information content (AvgIpc) is 4.29. The molecule has 7 aromatic rings. The molecule has 0 saturated carbocycles. The fraction of sp³-hybridized carbons (Fsp3) is 0.483. The molecule has 406 valence electrons. The van der Waals surface area contributed by atoms with Gasteiger partial charge in [-0.1, -0.05) is 68.4 Å². The number of thiazole rings is 1. The number of aryl methyl sites for hydroxylation is 1. The summed E-state index contributed by atoms with van der Waals surface area (Å²) in [6.45, 7) is 16.9. The topological polar surface area (TPSA) is 198 Å². The third kappa shape index (κ3) is 9.31. The van der Waals surface area contributed by atoms with E-state index in [1.807, 2.05) is 81.9 Å². The van der Waals surface area contributed by atoms with Gasteiger partial charge in [-0.15, -0.1) is 11.3 Å². The number of likely N-dealkylation sites (tertiary alicyclic amines) is 2. The molecular formula is C60H69N11O6S. The zero-order chi connectivity index (χ0) is 53.5. The molecule has 5 aliphatic heterocycles. The molecule has 18 heteroatoms. The first-order valence-corrected chi connectivity index (χ1v) is 29.0. The van der Waals surface area contributed by atoms with Crippen LogP contribution < -0.4 is 25.2 Å². The Labute approximate surface area is 458 Å². The number of phenols is 1. The van der Waals surface area contributed by atoms with Crippen molar-refractivity contribution in [3.8, 4) is 33.5 Å². The fourth-order valence-corrected chi connectivity index (χ4v) is 14.5. The summed E-state index contributed by atoms with van der Waals surface area (Å²) in [7, 11) is 0. The fourth-order valence-electron chi connectivity index (χ4n) is 13.7. The van der Waals surface area contributed by atoms with Gasteiger partial charge in [0.1, 0.15) is 30.1 Å². The number of hydrogen-bond acceptors (Lipinski definition) is 16. The van der Waals surface area contributed by atoms with Crippen LogP contribution in [0.15, 0.2) is 76.9 Å². The zero-order valence-corrected chi connectivity index (χ0v) is 45.9. The number of carbonyl (C=O) groups excluding carboxylic acids is 2. The van der Waals surface area contributed by atoms with Gasteiger partial charge in [0.05, 0.1) is 44.8 Å². The van der Waals surface area contributed by atoms with Crippen LogP contribution in [0, 0.1) is 24.7 Å². The molecule has 2 bridgehead atoms. The van der Waals surface area contributed by atoms with Crippen molar-refractivity contribution in [1.82, 2.24) is 45.5 Å². The lowest BCUT2D eigenvalue weighted by molar-refractivity contribution is -0.141. The van der Waals surface area contributed by atoms with E-state index in [9.17, 15) is 19.8 Å². The lowest BCUT2D eigenvalue weighted by Crippen LogP contribution is -2.52. The number of aliphatic hydroxyl groups is 1. The molecule has 0 spiro atoms. The van der Waals surface area contributed by atoms with E-state index in [1.165, 1.54) is 10.5 Å². The van der Waals surface area contributed by atoms with E-state index >= 15 is 0 Å². The van der Waals surface area contributed by atoms with Crippen molar-refractivity contribution in [1.29, 1.82) is 0 Å². The van der Waals surface area contributed by atoms with Gasteiger partial charge >= 0.3 is 6.01 Å². The number of aromatic hydroxyl groups is 1. The molecule has 13 rings (SSSR count). The van der Waals surface area contributed by atoms with Gasteiger partial charge in [-0.25, -0.2) is 4.98 Å². The highest BCUT2D eigenvalue weighted by atomic mass is 32.1. The van der Waals surface area contributed by atoms with Gasteiger partial charge in [0.15, 0.2) is 11.6 Å². The van der Waals surface area contributed by atoms with Crippen LogP contribution in [0.4, 0.5) is 11.6 Å². The van der Waals surface area contributed by atoms with Gasteiger partial charge < -0.3 is 44.8 Å². The van der Waals surface area contributed by atoms with Crippen molar-refractivity contribution >= 4 is 56.5 Å². The first kappa shape index (κ1) is 50.8. The number of nitrogens with one attached hydrogen (secondary N) is 2. The van der Waals surface area contributed by atoms with E-state index in [2.05, 4.69) is 60.6 Å². The van der Waals surface area contributed by atoms with Crippen molar-refractivity contribution in [2.24, 2.45) is 17.8 Å². The Morgan fingerprint density at radius 2 is 1.71 bits per heavy atom. The Bertz CT molecular complexity index is 3390. The standard InChI is InChI=1S/C60H69N11O6S/c1-32(2)51(59(75)71-30-44(73)23-48(71)58(74)63-34(4)36-9-11-38(12-10-36)56-35(5)62-31-78-56)49-24-50(67-77-49)69-26-40(27-69)37-15-17-68(18-16-37)19-20-76-60-65-55-47(57(66-60)70-28-41-13-14-42(29-70)64-41)25-61-54-46-22-43(72)21-39-7-6-8-45(53(39)46)33(3)52(54)55/h6-12,21-22,24-25,31-34,37,40-42,44,48,51,64,72-73H,13-20,23,26-30H2,1-5H3,(H,63,74)/t33?,34-,41?,42?,44+,48-,51+/m0/s1. The number of ether oxygens (including phenoxy) is 1. The molecule has 7 atom stereocenters. The molecule has 5 fully saturated rings. The van der Waals surface area contributed by atoms with Gasteiger partial charge in [-0.2, -0.15) is 9.97 Å². The van der Waals surface area contributed by atoms with Crippen molar-refractivity contribution in [2.45, 2.75) is 109 Å². The lowest BCUT2D eigenvalue weighted by atomic mass is 9.79. The summed E-state index contributed by atoms with van der Waals surface area (Å²) in [5.74, 6) is 2.13. The molecule has 6 aliphatic rings. The summed E-state index contributed by atoms with van der Waals surface area (Å²) in [6.07, 6.45) is 5.82. The number of hydrogen-bond donors (Lipinski definition) is 4. The Morgan fingerprint density at radius 3 is 2.45 bits per heavy atom. The van der Waals surface area contributed by atoms with E-state index in [0.29, 0.717) is 42.3 Å². The number of benzene rings is 3. The molecule has 5 saturated heterocycles. The minimum absolute atomic E-state index is 0.0230. The predicted molar refractivity (Wildman–Crippen MR) is 301 cm³/mol. The molecule has 2 amide bonds. The molecule has 3 unspecified atom stereocenters. The number of β-amino-alcohol motifs (C(OH)–C–C–N with tert-alkyl or cyclic N) is 1. The first-order valence-electron chi connectivity index (χ1n) is 28.2. The quantitative estimate of drug-likeness (QED) is 0.0813. The Hall–Kier alpha value is -6.73. The van der Waals surface area contributed by atoms with Gasteiger partial charge in [0, 0.05) is 87.1 Å². The number of nitrogens with zero attached hydrogens (tertiary/aromatic N) is 9. The summed E-state index contributed by atoms with van der Waals surface area (Å²) in [6, 6.07) is 20.1. The van der Waals surface area contributed by atoms with Crippen LogP contribution in [-0.4, -0.2) is 140 Å². The number of piperazine rings is 1. The predicted octanol–water partition coefficient (Wildman–Crippen LogP) is 8.18. The van der Waals surface area contributed by atoms with Crippen LogP contribution in [0.2, 0.25) is 0 Å². The summed E-state index contributed by atoms with van der Waals surface area (Å²) in [5, 5.41) is 36.1. The molecule has 0 radical (unpaired) electrons. The smallest absolute Gasteiger partial charge is 0.319 e. The third-order valence-electron chi connectivity index (χ3n) is 18.0. The van der Waals surface area contributed by atoms with Crippen LogP contribution in [0.1, 0.15) is 106 Å². The Morgan fingerprint density at radius 1 is 0.923 bits per heavy atom. The van der Waals surface area contributed by atoms with E-state index in [-0.39, 0.29) is 48.4 Å². The van der Waals surface area contributed by atoms with Crippen molar-refractivity contribution < 1.29 is 29.1 Å². The van der Waals surface area contributed by atoms with Crippen LogP contribution in [0.25, 0.3) is 43.4 Å². The average molecular weight is 1070 g/mol. The zero-order valence-electron chi connectivity index (χ0n) is 45.1. The maximum atomic E-state index is 14.4. The molecule has 9 heterocycles. The number of carbonyl (C=O) groups is 2. The number of aliphatic hydroxyl groups excluding tert-OH is 1. The summed E-state index contributed by atoms with van der Waals surface area (Å²) < 4.78 is 12.5. The molecule has 1 aliphatic carbocycles.